The molecule has 2 aromatic rings. The number of aromatic nitrogens is 1. The molecule has 0 saturated carbocycles. The summed E-state index contributed by atoms with van der Waals surface area (Å²) in [5.41, 5.74) is -4.71. The number of imide groups is 1. The lowest BCUT2D eigenvalue weighted by atomic mass is 10.2. The number of pyridine rings is 1. The standard InChI is InChI=1S/C17H14F3N3O4S/c1-11-15(24)23(16(25)22(11)10-12-6-8-21-9-7-12)13-2-4-14(5-3-13)28(26,27)17(18,19)20/h2-9,11H,10H2,1H3. The van der Waals surface area contributed by atoms with Gasteiger partial charge in [0, 0.05) is 18.9 Å². The normalized spacial score (nSPS) is 18.1. The first kappa shape index (κ1) is 19.8. The molecular weight excluding hydrogens is 399 g/mol. The van der Waals surface area contributed by atoms with Gasteiger partial charge in [0.15, 0.2) is 0 Å². The molecule has 1 unspecified atom stereocenters. The summed E-state index contributed by atoms with van der Waals surface area (Å²) in [6.07, 6.45) is 3.08. The van der Waals surface area contributed by atoms with Crippen molar-refractivity contribution in [3.8, 4) is 0 Å². The molecule has 0 N–H and O–H groups in total. The minimum Gasteiger partial charge on any atom is -0.308 e. The maximum absolute atomic E-state index is 12.7. The van der Waals surface area contributed by atoms with E-state index in [1.807, 2.05) is 0 Å². The molecule has 148 valence electrons. The van der Waals surface area contributed by atoms with E-state index in [1.165, 1.54) is 11.8 Å². The highest BCUT2D eigenvalue weighted by Gasteiger charge is 2.47. The number of nitrogens with zero attached hydrogens (tertiary/aromatic N) is 3. The highest BCUT2D eigenvalue weighted by molar-refractivity contribution is 7.92. The largest absolute Gasteiger partial charge is 0.501 e. The van der Waals surface area contributed by atoms with Gasteiger partial charge in [-0.1, -0.05) is 0 Å². The Morgan fingerprint density at radius 1 is 1.04 bits per heavy atom. The summed E-state index contributed by atoms with van der Waals surface area (Å²) >= 11 is 0. The Kier molecular flexibility index (Phi) is 4.88. The van der Waals surface area contributed by atoms with Gasteiger partial charge in [-0.25, -0.2) is 18.1 Å². The summed E-state index contributed by atoms with van der Waals surface area (Å²) < 4.78 is 60.8. The Hall–Kier alpha value is -2.95. The number of urea groups is 1. The van der Waals surface area contributed by atoms with E-state index in [9.17, 15) is 31.2 Å². The molecule has 1 aromatic heterocycles. The zero-order valence-electron chi connectivity index (χ0n) is 14.4. The molecule has 7 nitrogen and oxygen atoms in total. The first-order chi connectivity index (χ1) is 13.0. The van der Waals surface area contributed by atoms with E-state index in [1.54, 1.807) is 24.5 Å². The van der Waals surface area contributed by atoms with Crippen molar-refractivity contribution in [2.24, 2.45) is 0 Å². The van der Waals surface area contributed by atoms with Crippen molar-refractivity contribution in [1.29, 1.82) is 0 Å². The summed E-state index contributed by atoms with van der Waals surface area (Å²) in [6.45, 7) is 1.68. The quantitative estimate of drug-likeness (QED) is 0.720. The number of halogens is 3. The van der Waals surface area contributed by atoms with Crippen LogP contribution < -0.4 is 4.90 Å². The van der Waals surface area contributed by atoms with Gasteiger partial charge in [-0.15, -0.1) is 0 Å². The smallest absolute Gasteiger partial charge is 0.308 e. The molecule has 2 heterocycles. The maximum Gasteiger partial charge on any atom is 0.501 e. The molecule has 0 bridgehead atoms. The fourth-order valence-corrected chi connectivity index (χ4v) is 3.51. The molecule has 0 radical (unpaired) electrons. The van der Waals surface area contributed by atoms with Crippen molar-refractivity contribution in [2.75, 3.05) is 4.90 Å². The molecule has 3 amide bonds. The lowest BCUT2D eigenvalue weighted by molar-refractivity contribution is -0.119. The predicted molar refractivity (Wildman–Crippen MR) is 91.8 cm³/mol. The topological polar surface area (TPSA) is 87.7 Å². The fourth-order valence-electron chi connectivity index (χ4n) is 2.74. The lowest BCUT2D eigenvalue weighted by Gasteiger charge is -2.19. The average molecular weight is 413 g/mol. The Bertz CT molecular complexity index is 1010. The molecule has 11 heteroatoms. The van der Waals surface area contributed by atoms with Gasteiger partial charge in [-0.3, -0.25) is 9.78 Å². The average Bonchev–Trinajstić information content (AvgIpc) is 2.85. The summed E-state index contributed by atoms with van der Waals surface area (Å²) in [4.78, 5) is 30.2. The van der Waals surface area contributed by atoms with E-state index in [4.69, 9.17) is 0 Å². The fraction of sp³-hybridized carbons (Fsp3) is 0.235. The van der Waals surface area contributed by atoms with Gasteiger partial charge >= 0.3 is 11.5 Å². The minimum absolute atomic E-state index is 0.0137. The molecule has 1 saturated heterocycles. The first-order valence-corrected chi connectivity index (χ1v) is 9.47. The van der Waals surface area contributed by atoms with E-state index in [-0.39, 0.29) is 12.2 Å². The van der Waals surface area contributed by atoms with Crippen LogP contribution in [-0.2, 0) is 21.2 Å². The van der Waals surface area contributed by atoms with E-state index in [2.05, 4.69) is 4.98 Å². The molecule has 1 aromatic carbocycles. The van der Waals surface area contributed by atoms with Crippen LogP contribution >= 0.6 is 0 Å². The summed E-state index contributed by atoms with van der Waals surface area (Å²) in [5.74, 6) is -0.564. The molecule has 0 spiro atoms. The van der Waals surface area contributed by atoms with E-state index >= 15 is 0 Å². The van der Waals surface area contributed by atoms with Crippen LogP contribution in [0.1, 0.15) is 12.5 Å². The lowest BCUT2D eigenvalue weighted by Crippen LogP contribution is -2.33. The molecule has 1 aliphatic heterocycles. The number of benzene rings is 1. The zero-order valence-corrected chi connectivity index (χ0v) is 15.2. The number of alkyl halides is 3. The second-order valence-electron chi connectivity index (χ2n) is 6.06. The van der Waals surface area contributed by atoms with Crippen LogP contribution in [0.3, 0.4) is 0 Å². The van der Waals surface area contributed by atoms with E-state index in [0.717, 1.165) is 34.7 Å². The van der Waals surface area contributed by atoms with E-state index in [0.29, 0.717) is 0 Å². The number of amides is 3. The van der Waals surface area contributed by atoms with Gasteiger partial charge in [0.25, 0.3) is 15.7 Å². The van der Waals surface area contributed by atoms with Gasteiger partial charge in [0.2, 0.25) is 0 Å². The molecule has 1 atom stereocenters. The molecule has 0 aliphatic carbocycles. The number of sulfone groups is 1. The number of rotatable bonds is 4. The zero-order chi connectivity index (χ0) is 20.7. The Balaban J connectivity index is 1.87. The summed E-state index contributed by atoms with van der Waals surface area (Å²) in [6, 6.07) is 5.35. The third-order valence-corrected chi connectivity index (χ3v) is 5.80. The number of carbonyl (C=O) groups is 2. The summed E-state index contributed by atoms with van der Waals surface area (Å²) in [5, 5.41) is 0. The maximum atomic E-state index is 12.7. The number of carbonyl (C=O) groups excluding carboxylic acids is 2. The molecule has 1 fully saturated rings. The third-order valence-electron chi connectivity index (χ3n) is 4.29. The number of hydrogen-bond donors (Lipinski definition) is 0. The molecular formula is C17H14F3N3O4S. The second kappa shape index (κ2) is 6.89. The van der Waals surface area contributed by atoms with Crippen molar-refractivity contribution < 1.29 is 31.2 Å². The van der Waals surface area contributed by atoms with Gasteiger partial charge in [0.1, 0.15) is 6.04 Å². The highest BCUT2D eigenvalue weighted by atomic mass is 32.2. The van der Waals surface area contributed by atoms with Gasteiger partial charge in [0.05, 0.1) is 10.6 Å². The van der Waals surface area contributed by atoms with Crippen LogP contribution in [0.15, 0.2) is 53.7 Å². The van der Waals surface area contributed by atoms with Crippen LogP contribution in [0, 0.1) is 0 Å². The third kappa shape index (κ3) is 3.33. The highest BCUT2D eigenvalue weighted by Crippen LogP contribution is 2.32. The monoisotopic (exact) mass is 413 g/mol. The molecule has 1 aliphatic rings. The molecule has 3 rings (SSSR count). The van der Waals surface area contributed by atoms with Gasteiger partial charge in [-0.05, 0) is 48.9 Å². The van der Waals surface area contributed by atoms with Crippen molar-refractivity contribution in [2.45, 2.75) is 29.9 Å². The van der Waals surface area contributed by atoms with Crippen molar-refractivity contribution in [3.63, 3.8) is 0 Å². The van der Waals surface area contributed by atoms with Crippen LogP contribution in [0.4, 0.5) is 23.7 Å². The van der Waals surface area contributed by atoms with Gasteiger partial charge in [-0.2, -0.15) is 13.2 Å². The first-order valence-electron chi connectivity index (χ1n) is 7.99. The Morgan fingerprint density at radius 3 is 2.14 bits per heavy atom. The number of anilines is 1. The Morgan fingerprint density at radius 2 is 1.61 bits per heavy atom. The molecule has 28 heavy (non-hydrogen) atoms. The van der Waals surface area contributed by atoms with E-state index < -0.39 is 38.2 Å². The van der Waals surface area contributed by atoms with Crippen LogP contribution in [0.5, 0.6) is 0 Å². The van der Waals surface area contributed by atoms with Crippen molar-refractivity contribution >= 4 is 27.5 Å². The van der Waals surface area contributed by atoms with Crippen LogP contribution in [0.2, 0.25) is 0 Å². The minimum atomic E-state index is -5.51. The van der Waals surface area contributed by atoms with Crippen LogP contribution in [0.25, 0.3) is 0 Å². The van der Waals surface area contributed by atoms with Gasteiger partial charge < -0.3 is 4.90 Å². The predicted octanol–water partition coefficient (Wildman–Crippen LogP) is 2.73. The Labute approximate surface area is 158 Å². The second-order valence-corrected chi connectivity index (χ2v) is 8.00. The SMILES string of the molecule is CC1C(=O)N(c2ccc(S(=O)(=O)C(F)(F)F)cc2)C(=O)N1Cc1ccncc1. The van der Waals surface area contributed by atoms with Crippen molar-refractivity contribution in [3.05, 3.63) is 54.4 Å². The summed E-state index contributed by atoms with van der Waals surface area (Å²) in [7, 11) is -5.51. The van der Waals surface area contributed by atoms with Crippen LogP contribution in [-0.4, -0.2) is 41.8 Å². The number of hydrogen-bond acceptors (Lipinski definition) is 5. The van der Waals surface area contributed by atoms with Crippen molar-refractivity contribution in [1.82, 2.24) is 9.88 Å².